The van der Waals surface area contributed by atoms with E-state index >= 15 is 0 Å². The summed E-state index contributed by atoms with van der Waals surface area (Å²) in [5.41, 5.74) is 1.54. The molecule has 162 valence electrons. The maximum atomic E-state index is 12.8. The van der Waals surface area contributed by atoms with Crippen LogP contribution in [0.25, 0.3) is 10.2 Å². The number of rotatable bonds is 5. The molecule has 0 spiro atoms. The second-order valence-corrected chi connectivity index (χ2v) is 10.6. The van der Waals surface area contributed by atoms with E-state index < -0.39 is 10.0 Å². The summed E-state index contributed by atoms with van der Waals surface area (Å²) in [6.45, 7) is 1.39. The van der Waals surface area contributed by atoms with Crippen LogP contribution in [-0.4, -0.2) is 49.4 Å². The van der Waals surface area contributed by atoms with Crippen molar-refractivity contribution < 1.29 is 17.9 Å². The molecule has 10 heteroatoms. The maximum Gasteiger partial charge on any atom is 0.243 e. The zero-order chi connectivity index (χ0) is 21.4. The molecule has 2 aliphatic rings. The maximum absolute atomic E-state index is 12.8. The fourth-order valence-corrected chi connectivity index (χ4v) is 6.28. The van der Waals surface area contributed by atoms with Gasteiger partial charge in [0, 0.05) is 19.2 Å². The van der Waals surface area contributed by atoms with E-state index in [0.29, 0.717) is 29.7 Å². The van der Waals surface area contributed by atoms with Gasteiger partial charge in [-0.15, -0.1) is 0 Å². The van der Waals surface area contributed by atoms with Crippen LogP contribution in [0.15, 0.2) is 47.4 Å². The van der Waals surface area contributed by atoms with Crippen molar-refractivity contribution in [2.45, 2.75) is 30.2 Å². The molecule has 0 saturated carbocycles. The molecule has 8 nitrogen and oxygen atoms in total. The van der Waals surface area contributed by atoms with E-state index in [1.165, 1.54) is 15.6 Å². The van der Waals surface area contributed by atoms with Crippen molar-refractivity contribution in [2.24, 2.45) is 0 Å². The Hall–Kier alpha value is -2.69. The average Bonchev–Trinajstić information content (AvgIpc) is 3.43. The average molecular weight is 459 g/mol. The number of aromatic nitrogens is 1. The lowest BCUT2D eigenvalue weighted by Gasteiger charge is -2.27. The highest BCUT2D eigenvalue weighted by Crippen LogP contribution is 2.34. The highest BCUT2D eigenvalue weighted by Gasteiger charge is 2.29. The Morgan fingerprint density at radius 2 is 2.03 bits per heavy atom. The number of carbonyl (C=O) groups is 1. The summed E-state index contributed by atoms with van der Waals surface area (Å²) in [6.07, 6.45) is 2.00. The predicted octanol–water partition coefficient (Wildman–Crippen LogP) is 3.28. The second-order valence-electron chi connectivity index (χ2n) is 7.66. The lowest BCUT2D eigenvalue weighted by atomic mass is 10.1. The summed E-state index contributed by atoms with van der Waals surface area (Å²) in [6, 6.07) is 12.4. The molecule has 1 atom stereocenters. The molecule has 1 aromatic heterocycles. The highest BCUT2D eigenvalue weighted by molar-refractivity contribution is 7.89. The van der Waals surface area contributed by atoms with E-state index in [9.17, 15) is 13.2 Å². The van der Waals surface area contributed by atoms with Crippen molar-refractivity contribution in [2.75, 3.05) is 30.3 Å². The molecule has 1 fully saturated rings. The fourth-order valence-electron chi connectivity index (χ4n) is 3.86. The monoisotopic (exact) mass is 458 g/mol. The molecule has 1 unspecified atom stereocenters. The van der Waals surface area contributed by atoms with Gasteiger partial charge in [0.15, 0.2) is 5.13 Å². The Morgan fingerprint density at radius 1 is 1.23 bits per heavy atom. The number of benzene rings is 2. The molecule has 3 aromatic rings. The van der Waals surface area contributed by atoms with Crippen LogP contribution in [0.3, 0.4) is 0 Å². The number of hydrogen-bond donors (Lipinski definition) is 2. The summed E-state index contributed by atoms with van der Waals surface area (Å²) < 4.78 is 33.8. The molecule has 1 saturated heterocycles. The molecule has 3 heterocycles. The van der Waals surface area contributed by atoms with Crippen molar-refractivity contribution in [3.05, 3.63) is 42.5 Å². The lowest BCUT2D eigenvalue weighted by Crippen LogP contribution is -2.35. The van der Waals surface area contributed by atoms with Gasteiger partial charge in [0.05, 0.1) is 33.3 Å². The van der Waals surface area contributed by atoms with Crippen LogP contribution in [0.4, 0.5) is 10.8 Å². The van der Waals surface area contributed by atoms with Crippen molar-refractivity contribution in [3.8, 4) is 5.75 Å². The first-order valence-corrected chi connectivity index (χ1v) is 12.4. The zero-order valence-corrected chi connectivity index (χ0v) is 18.3. The summed E-state index contributed by atoms with van der Waals surface area (Å²) in [5.74, 6) is 0.333. The number of amides is 1. The molecule has 2 aromatic carbocycles. The van der Waals surface area contributed by atoms with Gasteiger partial charge in [-0.25, -0.2) is 13.4 Å². The molecular weight excluding hydrogens is 436 g/mol. The minimum absolute atomic E-state index is 0.156. The summed E-state index contributed by atoms with van der Waals surface area (Å²) in [4.78, 5) is 17.1. The van der Waals surface area contributed by atoms with Crippen LogP contribution in [0.2, 0.25) is 0 Å². The number of thiazole rings is 1. The van der Waals surface area contributed by atoms with E-state index in [1.807, 2.05) is 24.3 Å². The number of ether oxygens (including phenoxy) is 1. The van der Waals surface area contributed by atoms with Gasteiger partial charge in [-0.3, -0.25) is 4.79 Å². The van der Waals surface area contributed by atoms with E-state index in [4.69, 9.17) is 4.74 Å². The first kappa shape index (κ1) is 20.2. The lowest BCUT2D eigenvalue weighted by molar-refractivity contribution is -0.116. The fraction of sp³-hybridized carbons (Fsp3) is 0.333. The Morgan fingerprint density at radius 3 is 2.84 bits per heavy atom. The third-order valence-corrected chi connectivity index (χ3v) is 8.27. The van der Waals surface area contributed by atoms with Crippen molar-refractivity contribution in [1.82, 2.24) is 9.29 Å². The summed E-state index contributed by atoms with van der Waals surface area (Å²) in [5, 5.41) is 6.70. The van der Waals surface area contributed by atoms with Gasteiger partial charge < -0.3 is 15.4 Å². The predicted molar refractivity (Wildman–Crippen MR) is 120 cm³/mol. The van der Waals surface area contributed by atoms with Crippen LogP contribution in [0.5, 0.6) is 5.75 Å². The minimum Gasteiger partial charge on any atom is -0.489 e. The third kappa shape index (κ3) is 4.10. The van der Waals surface area contributed by atoms with Crippen molar-refractivity contribution in [1.29, 1.82) is 0 Å². The van der Waals surface area contributed by atoms with Crippen LogP contribution in [0.1, 0.15) is 19.3 Å². The van der Waals surface area contributed by atoms with E-state index in [-0.39, 0.29) is 29.9 Å². The highest BCUT2D eigenvalue weighted by atomic mass is 32.2. The first-order chi connectivity index (χ1) is 15.0. The molecule has 1 amide bonds. The van der Waals surface area contributed by atoms with Crippen LogP contribution < -0.4 is 15.4 Å². The van der Waals surface area contributed by atoms with Gasteiger partial charge in [-0.2, -0.15) is 4.31 Å². The number of hydrogen-bond acceptors (Lipinski definition) is 7. The number of carbonyl (C=O) groups excluding carboxylic acids is 1. The third-order valence-electron chi connectivity index (χ3n) is 5.43. The van der Waals surface area contributed by atoms with E-state index in [2.05, 4.69) is 15.6 Å². The zero-order valence-electron chi connectivity index (χ0n) is 16.7. The Bertz CT molecular complexity index is 1200. The smallest absolute Gasteiger partial charge is 0.243 e. The molecule has 5 rings (SSSR count). The number of nitrogens with zero attached hydrogens (tertiary/aromatic N) is 2. The quantitative estimate of drug-likeness (QED) is 0.609. The molecule has 2 aliphatic heterocycles. The number of para-hydroxylation sites is 1. The van der Waals surface area contributed by atoms with Crippen LogP contribution >= 0.6 is 11.3 Å². The molecular formula is C21H22N4O4S2. The number of sulfonamides is 1. The standard InChI is InChI=1S/C21H22N4O4S2/c26-20(24-21-23-17-5-1-2-6-19(17)30-21)11-14-13-29-18-12-15(7-8-16(18)22-14)31(27,28)25-9-3-4-10-25/h1-2,5-8,12,14,22H,3-4,9-11,13H2,(H,23,24,26). The van der Waals surface area contributed by atoms with Crippen LogP contribution in [0, 0.1) is 0 Å². The largest absolute Gasteiger partial charge is 0.489 e. The molecule has 0 aliphatic carbocycles. The molecule has 2 N–H and O–H groups in total. The number of nitrogens with one attached hydrogen (secondary N) is 2. The number of anilines is 2. The minimum atomic E-state index is -3.49. The molecule has 0 bridgehead atoms. The van der Waals surface area contributed by atoms with Gasteiger partial charge in [-0.05, 0) is 37.1 Å². The molecule has 0 radical (unpaired) electrons. The van der Waals surface area contributed by atoms with Gasteiger partial charge in [0.25, 0.3) is 0 Å². The van der Waals surface area contributed by atoms with Gasteiger partial charge in [0.1, 0.15) is 12.4 Å². The Kier molecular flexibility index (Phi) is 5.28. The second kappa shape index (κ2) is 8.10. The number of fused-ring (bicyclic) bond motifs is 2. The van der Waals surface area contributed by atoms with E-state index in [0.717, 1.165) is 23.1 Å². The Labute approximate surface area is 184 Å². The van der Waals surface area contributed by atoms with Crippen molar-refractivity contribution in [3.63, 3.8) is 0 Å². The summed E-state index contributed by atoms with van der Waals surface area (Å²) >= 11 is 1.43. The van der Waals surface area contributed by atoms with Crippen LogP contribution in [-0.2, 0) is 14.8 Å². The normalized spacial score (nSPS) is 18.9. The summed E-state index contributed by atoms with van der Waals surface area (Å²) in [7, 11) is -3.49. The van der Waals surface area contributed by atoms with Crippen molar-refractivity contribution >= 4 is 48.3 Å². The topological polar surface area (TPSA) is 101 Å². The molecule has 31 heavy (non-hydrogen) atoms. The van der Waals surface area contributed by atoms with Gasteiger partial charge in [0.2, 0.25) is 15.9 Å². The SMILES string of the molecule is O=C(CC1COc2cc(S(=O)(=O)N3CCCC3)ccc2N1)Nc1nc2ccccc2s1. The van der Waals surface area contributed by atoms with Gasteiger partial charge >= 0.3 is 0 Å². The van der Waals surface area contributed by atoms with Gasteiger partial charge in [-0.1, -0.05) is 23.5 Å². The first-order valence-electron chi connectivity index (χ1n) is 10.2. The Balaban J connectivity index is 1.23. The van der Waals surface area contributed by atoms with E-state index in [1.54, 1.807) is 18.2 Å².